The third-order valence-corrected chi connectivity index (χ3v) is 4.16. The second kappa shape index (κ2) is 3.89. The Balaban J connectivity index is 1.97. The summed E-state index contributed by atoms with van der Waals surface area (Å²) in [6.07, 6.45) is 3.68. The van der Waals surface area contributed by atoms with Crippen LogP contribution in [0, 0.1) is 0 Å². The van der Waals surface area contributed by atoms with Crippen LogP contribution in [-0.2, 0) is 0 Å². The Bertz CT molecular complexity index is 450. The largest absolute Gasteiger partial charge is 0.448 e. The topological polar surface area (TPSA) is 38.7 Å². The zero-order chi connectivity index (χ0) is 12.0. The van der Waals surface area contributed by atoms with Crippen molar-refractivity contribution in [2.24, 2.45) is 0 Å². The van der Waals surface area contributed by atoms with Crippen LogP contribution in [0.3, 0.4) is 0 Å². The molecule has 2 aliphatic rings. The normalized spacial score (nSPS) is 22.1. The summed E-state index contributed by atoms with van der Waals surface area (Å²) in [6, 6.07) is 3.77. The van der Waals surface area contributed by atoms with E-state index in [4.69, 9.17) is 9.47 Å². The van der Waals surface area contributed by atoms with Crippen molar-refractivity contribution >= 4 is 15.9 Å². The van der Waals surface area contributed by atoms with Crippen molar-refractivity contribution in [2.45, 2.75) is 44.5 Å². The summed E-state index contributed by atoms with van der Waals surface area (Å²) in [5, 5.41) is 9.67. The number of ether oxygens (including phenoxy) is 2. The zero-order valence-corrected chi connectivity index (χ0v) is 11.3. The van der Waals surface area contributed by atoms with E-state index in [1.807, 2.05) is 12.1 Å². The molecule has 1 unspecified atom stereocenters. The number of halogens is 1. The molecule has 3 nitrogen and oxygen atoms in total. The number of hydrogen-bond acceptors (Lipinski definition) is 3. The smallest absolute Gasteiger partial charge is 0.251 e. The van der Waals surface area contributed by atoms with Gasteiger partial charge in [-0.3, -0.25) is 0 Å². The van der Waals surface area contributed by atoms with Crippen LogP contribution in [0.15, 0.2) is 16.6 Å². The van der Waals surface area contributed by atoms with E-state index in [1.54, 1.807) is 6.92 Å². The minimum atomic E-state index is -0.515. The molecule has 1 atom stereocenters. The van der Waals surface area contributed by atoms with Crippen LogP contribution in [0.1, 0.15) is 44.3 Å². The third kappa shape index (κ3) is 1.83. The van der Waals surface area contributed by atoms with Crippen molar-refractivity contribution in [3.63, 3.8) is 0 Å². The van der Waals surface area contributed by atoms with E-state index in [0.29, 0.717) is 0 Å². The summed E-state index contributed by atoms with van der Waals surface area (Å²) in [5.74, 6) is 1.10. The van der Waals surface area contributed by atoms with Gasteiger partial charge >= 0.3 is 0 Å². The summed E-state index contributed by atoms with van der Waals surface area (Å²) < 4.78 is 12.7. The minimum Gasteiger partial charge on any atom is -0.448 e. The zero-order valence-electron chi connectivity index (χ0n) is 9.70. The number of rotatable bonds is 1. The van der Waals surface area contributed by atoms with Gasteiger partial charge in [0.25, 0.3) is 5.79 Å². The van der Waals surface area contributed by atoms with Gasteiger partial charge < -0.3 is 14.6 Å². The molecule has 1 spiro atoms. The molecular formula is C13H15BrO3. The molecule has 4 heteroatoms. The molecule has 1 aromatic carbocycles. The molecule has 1 aliphatic carbocycles. The fraction of sp³-hybridized carbons (Fsp3) is 0.538. The van der Waals surface area contributed by atoms with Crippen LogP contribution >= 0.6 is 15.9 Å². The number of benzene rings is 1. The first kappa shape index (κ1) is 11.4. The highest BCUT2D eigenvalue weighted by Gasteiger charge is 2.44. The molecule has 1 saturated carbocycles. The van der Waals surface area contributed by atoms with E-state index < -0.39 is 11.9 Å². The SMILES string of the molecule is CC(O)c1cc2c(cc1Br)OC1(CCCC1)O2. The number of aliphatic hydroxyl groups is 1. The molecule has 3 rings (SSSR count). The van der Waals surface area contributed by atoms with Crippen molar-refractivity contribution in [1.29, 1.82) is 0 Å². The van der Waals surface area contributed by atoms with Crippen LogP contribution in [-0.4, -0.2) is 10.9 Å². The molecule has 92 valence electrons. The predicted molar refractivity (Wildman–Crippen MR) is 67.2 cm³/mol. The van der Waals surface area contributed by atoms with E-state index in [2.05, 4.69) is 15.9 Å². The lowest BCUT2D eigenvalue weighted by Gasteiger charge is -2.21. The Hall–Kier alpha value is -0.740. The van der Waals surface area contributed by atoms with Gasteiger partial charge in [-0.1, -0.05) is 15.9 Å². The van der Waals surface area contributed by atoms with Gasteiger partial charge in [0.15, 0.2) is 11.5 Å². The highest BCUT2D eigenvalue weighted by atomic mass is 79.9. The van der Waals surface area contributed by atoms with E-state index in [1.165, 1.54) is 0 Å². The highest BCUT2D eigenvalue weighted by Crippen LogP contribution is 2.48. The van der Waals surface area contributed by atoms with Crippen molar-refractivity contribution in [1.82, 2.24) is 0 Å². The second-order valence-electron chi connectivity index (χ2n) is 4.82. The molecule has 1 aliphatic heterocycles. The lowest BCUT2D eigenvalue weighted by molar-refractivity contribution is -0.0716. The molecule has 17 heavy (non-hydrogen) atoms. The van der Waals surface area contributed by atoms with Crippen molar-refractivity contribution < 1.29 is 14.6 Å². The van der Waals surface area contributed by atoms with Crippen molar-refractivity contribution in [3.05, 3.63) is 22.2 Å². The molecule has 0 aromatic heterocycles. The number of fused-ring (bicyclic) bond motifs is 1. The van der Waals surface area contributed by atoms with Gasteiger partial charge in [0, 0.05) is 17.3 Å². The lowest BCUT2D eigenvalue weighted by Crippen LogP contribution is -2.34. The Morgan fingerprint density at radius 3 is 2.41 bits per heavy atom. The Labute approximate surface area is 109 Å². The molecular weight excluding hydrogens is 284 g/mol. The van der Waals surface area contributed by atoms with Crippen molar-refractivity contribution in [3.8, 4) is 11.5 Å². The number of aliphatic hydroxyl groups excluding tert-OH is 1. The van der Waals surface area contributed by atoms with E-state index in [9.17, 15) is 5.11 Å². The molecule has 0 saturated heterocycles. The summed E-state index contributed by atoms with van der Waals surface area (Å²) in [5.41, 5.74) is 0.836. The maximum absolute atomic E-state index is 9.67. The Morgan fingerprint density at radius 2 is 1.82 bits per heavy atom. The predicted octanol–water partition coefficient (Wildman–Crippen LogP) is 3.54. The van der Waals surface area contributed by atoms with E-state index in [-0.39, 0.29) is 0 Å². The summed E-state index contributed by atoms with van der Waals surface area (Å²) in [7, 11) is 0. The summed E-state index contributed by atoms with van der Waals surface area (Å²) >= 11 is 3.45. The molecule has 1 fully saturated rings. The summed E-state index contributed by atoms with van der Waals surface area (Å²) in [4.78, 5) is 0. The van der Waals surface area contributed by atoms with Gasteiger partial charge in [-0.25, -0.2) is 0 Å². The first-order valence-corrected chi connectivity index (χ1v) is 6.78. The van der Waals surface area contributed by atoms with Gasteiger partial charge in [-0.15, -0.1) is 0 Å². The molecule has 0 amide bonds. The highest BCUT2D eigenvalue weighted by molar-refractivity contribution is 9.10. The average molecular weight is 299 g/mol. The monoisotopic (exact) mass is 298 g/mol. The minimum absolute atomic E-state index is 0.431. The van der Waals surface area contributed by atoms with Gasteiger partial charge in [0.2, 0.25) is 0 Å². The van der Waals surface area contributed by atoms with Crippen LogP contribution in [0.2, 0.25) is 0 Å². The van der Waals surface area contributed by atoms with Gasteiger partial charge in [-0.2, -0.15) is 0 Å². The first-order chi connectivity index (χ1) is 8.10. The van der Waals surface area contributed by atoms with Crippen LogP contribution < -0.4 is 9.47 Å². The van der Waals surface area contributed by atoms with E-state index >= 15 is 0 Å². The van der Waals surface area contributed by atoms with Crippen LogP contribution in [0.25, 0.3) is 0 Å². The molecule has 0 radical (unpaired) electrons. The quantitative estimate of drug-likeness (QED) is 0.862. The van der Waals surface area contributed by atoms with Gasteiger partial charge in [0.1, 0.15) is 0 Å². The fourth-order valence-electron chi connectivity index (χ4n) is 2.57. The van der Waals surface area contributed by atoms with Gasteiger partial charge in [-0.05, 0) is 37.5 Å². The van der Waals surface area contributed by atoms with Gasteiger partial charge in [0.05, 0.1) is 6.10 Å². The molecule has 1 N–H and O–H groups in total. The standard InChI is InChI=1S/C13H15BrO3/c1-8(15)9-6-11-12(7-10(9)14)17-13(16-11)4-2-3-5-13/h6-8,15H,2-5H2,1H3. The average Bonchev–Trinajstić information content (AvgIpc) is 2.84. The van der Waals surface area contributed by atoms with E-state index in [0.717, 1.165) is 47.2 Å². The lowest BCUT2D eigenvalue weighted by atomic mass is 10.1. The Morgan fingerprint density at radius 1 is 1.24 bits per heavy atom. The van der Waals surface area contributed by atoms with Crippen LogP contribution in [0.5, 0.6) is 11.5 Å². The molecule has 1 heterocycles. The second-order valence-corrected chi connectivity index (χ2v) is 5.67. The maximum atomic E-state index is 9.67. The Kier molecular flexibility index (Phi) is 2.60. The van der Waals surface area contributed by atoms with Crippen LogP contribution in [0.4, 0.5) is 0 Å². The third-order valence-electron chi connectivity index (χ3n) is 3.47. The maximum Gasteiger partial charge on any atom is 0.251 e. The fourth-order valence-corrected chi connectivity index (χ4v) is 3.22. The molecule has 0 bridgehead atoms. The summed E-state index contributed by atoms with van der Waals surface area (Å²) in [6.45, 7) is 1.74. The number of hydrogen-bond donors (Lipinski definition) is 1. The van der Waals surface area contributed by atoms with Crippen molar-refractivity contribution in [2.75, 3.05) is 0 Å². The molecule has 1 aromatic rings. The first-order valence-electron chi connectivity index (χ1n) is 5.99.